The Morgan fingerprint density at radius 1 is 1.35 bits per heavy atom. The fraction of sp³-hybridized carbons (Fsp3) is 0.176. The highest BCUT2D eigenvalue weighted by molar-refractivity contribution is 7.20. The molecule has 2 aromatic heterocycles. The number of imidazole rings is 1. The maximum atomic E-state index is 12.7. The van der Waals surface area contributed by atoms with Crippen molar-refractivity contribution in [3.63, 3.8) is 0 Å². The SMILES string of the molecule is Cc1ncc(CN(CC(=O)O)C(=O)c2cc3ccccc3s2)[nH]1.O=CO. The van der Waals surface area contributed by atoms with Crippen molar-refractivity contribution in [3.05, 3.63) is 52.9 Å². The van der Waals surface area contributed by atoms with Gasteiger partial charge in [-0.2, -0.15) is 0 Å². The lowest BCUT2D eigenvalue weighted by atomic mass is 10.2. The maximum absolute atomic E-state index is 12.7. The van der Waals surface area contributed by atoms with Gasteiger partial charge in [0.25, 0.3) is 12.4 Å². The van der Waals surface area contributed by atoms with Crippen molar-refractivity contribution >= 4 is 39.8 Å². The molecule has 9 heteroatoms. The standard InChI is InChI=1S/C16H15N3O3S.CH2O2/c1-10-17-7-12(18-10)8-19(9-15(20)21)16(22)14-6-11-4-2-3-5-13(11)23-14;2-1-3/h2-7H,8-9H2,1H3,(H,17,18)(H,20,21);1H,(H,2,3). The van der Waals surface area contributed by atoms with Crippen LogP contribution in [0.2, 0.25) is 0 Å². The second kappa shape index (κ2) is 8.77. The predicted octanol–water partition coefficient (Wildman–Crippen LogP) is 2.36. The zero-order valence-electron chi connectivity index (χ0n) is 13.9. The Labute approximate surface area is 152 Å². The minimum Gasteiger partial charge on any atom is -0.483 e. The third-order valence-electron chi connectivity index (χ3n) is 3.37. The van der Waals surface area contributed by atoms with Gasteiger partial charge in [-0.05, 0) is 24.4 Å². The number of hydrogen-bond acceptors (Lipinski definition) is 5. The average molecular weight is 375 g/mol. The van der Waals surface area contributed by atoms with Gasteiger partial charge in [-0.3, -0.25) is 14.4 Å². The lowest BCUT2D eigenvalue weighted by Crippen LogP contribution is -2.34. The second-order valence-electron chi connectivity index (χ2n) is 5.30. The number of benzene rings is 1. The van der Waals surface area contributed by atoms with Gasteiger partial charge in [-0.15, -0.1) is 11.3 Å². The molecule has 0 radical (unpaired) electrons. The van der Waals surface area contributed by atoms with Crippen LogP contribution in [0.25, 0.3) is 10.1 Å². The topological polar surface area (TPSA) is 124 Å². The Hall–Kier alpha value is -3.20. The molecule has 8 nitrogen and oxygen atoms in total. The van der Waals surface area contributed by atoms with Gasteiger partial charge < -0.3 is 20.1 Å². The summed E-state index contributed by atoms with van der Waals surface area (Å²) < 4.78 is 1.00. The minimum absolute atomic E-state index is 0.181. The highest BCUT2D eigenvalue weighted by Gasteiger charge is 2.21. The molecule has 0 fully saturated rings. The van der Waals surface area contributed by atoms with Gasteiger partial charge in [0.05, 0.1) is 23.3 Å². The number of thiophene rings is 1. The lowest BCUT2D eigenvalue weighted by Gasteiger charge is -2.19. The van der Waals surface area contributed by atoms with Crippen molar-refractivity contribution in [2.75, 3.05) is 6.54 Å². The van der Waals surface area contributed by atoms with E-state index in [-0.39, 0.29) is 25.5 Å². The summed E-state index contributed by atoms with van der Waals surface area (Å²) in [5, 5.41) is 17.0. The number of aromatic amines is 1. The number of amides is 1. The number of H-pyrrole nitrogens is 1. The molecule has 0 unspecified atom stereocenters. The molecule has 0 saturated heterocycles. The van der Waals surface area contributed by atoms with Gasteiger partial charge in [-0.25, -0.2) is 4.98 Å². The average Bonchev–Trinajstić information content (AvgIpc) is 3.20. The second-order valence-corrected chi connectivity index (χ2v) is 6.39. The molecule has 0 aliphatic rings. The zero-order valence-corrected chi connectivity index (χ0v) is 14.7. The molecule has 0 bridgehead atoms. The van der Waals surface area contributed by atoms with Gasteiger partial charge in [0.2, 0.25) is 0 Å². The number of rotatable bonds is 5. The molecular formula is C17H17N3O5S. The van der Waals surface area contributed by atoms with Crippen LogP contribution in [0.5, 0.6) is 0 Å². The summed E-state index contributed by atoms with van der Waals surface area (Å²) in [5.41, 5.74) is 0.707. The molecule has 1 aromatic carbocycles. The minimum atomic E-state index is -1.05. The van der Waals surface area contributed by atoms with Gasteiger partial charge >= 0.3 is 5.97 Å². The summed E-state index contributed by atoms with van der Waals surface area (Å²) in [7, 11) is 0. The Morgan fingerprint density at radius 3 is 2.62 bits per heavy atom. The van der Waals surface area contributed by atoms with E-state index in [1.54, 1.807) is 19.2 Å². The lowest BCUT2D eigenvalue weighted by molar-refractivity contribution is -0.137. The van der Waals surface area contributed by atoms with Crippen LogP contribution in [0, 0.1) is 6.92 Å². The Morgan fingerprint density at radius 2 is 2.04 bits per heavy atom. The number of carboxylic acids is 1. The summed E-state index contributed by atoms with van der Waals surface area (Å²) in [6, 6.07) is 9.50. The van der Waals surface area contributed by atoms with Crippen LogP contribution in [0.4, 0.5) is 0 Å². The number of carboxylic acid groups (broad SMARTS) is 2. The molecule has 26 heavy (non-hydrogen) atoms. The highest BCUT2D eigenvalue weighted by Crippen LogP contribution is 2.26. The summed E-state index contributed by atoms with van der Waals surface area (Å²) in [4.78, 5) is 41.1. The van der Waals surface area contributed by atoms with E-state index in [2.05, 4.69) is 9.97 Å². The van der Waals surface area contributed by atoms with E-state index < -0.39 is 5.97 Å². The van der Waals surface area contributed by atoms with Gasteiger partial charge in [0.15, 0.2) is 0 Å². The molecule has 0 spiro atoms. The number of fused-ring (bicyclic) bond motifs is 1. The van der Waals surface area contributed by atoms with Crippen LogP contribution in [0.15, 0.2) is 36.5 Å². The van der Waals surface area contributed by atoms with Crippen LogP contribution in [-0.2, 0) is 16.1 Å². The van der Waals surface area contributed by atoms with Crippen LogP contribution in [0.3, 0.4) is 0 Å². The van der Waals surface area contributed by atoms with Crippen molar-refractivity contribution < 1.29 is 24.6 Å². The van der Waals surface area contributed by atoms with Crippen molar-refractivity contribution in [1.29, 1.82) is 0 Å². The number of aliphatic carboxylic acids is 1. The van der Waals surface area contributed by atoms with Crippen LogP contribution in [-0.4, -0.2) is 50.0 Å². The number of nitrogens with zero attached hydrogens (tertiary/aromatic N) is 2. The molecule has 0 saturated carbocycles. The first kappa shape index (κ1) is 19.1. The molecule has 136 valence electrons. The molecule has 3 rings (SSSR count). The van der Waals surface area contributed by atoms with Crippen molar-refractivity contribution in [2.45, 2.75) is 13.5 Å². The summed E-state index contributed by atoms with van der Waals surface area (Å²) in [6.45, 7) is 1.38. The number of aromatic nitrogens is 2. The van der Waals surface area contributed by atoms with Crippen molar-refractivity contribution in [1.82, 2.24) is 14.9 Å². The van der Waals surface area contributed by atoms with Gasteiger partial charge in [-0.1, -0.05) is 18.2 Å². The quantitative estimate of drug-likeness (QED) is 0.588. The summed E-state index contributed by atoms with van der Waals surface area (Å²) >= 11 is 1.37. The Kier molecular flexibility index (Phi) is 6.45. The van der Waals surface area contributed by atoms with E-state index in [0.29, 0.717) is 10.6 Å². The molecule has 2 heterocycles. The number of aryl methyl sites for hydroxylation is 1. The largest absolute Gasteiger partial charge is 0.483 e. The fourth-order valence-electron chi connectivity index (χ4n) is 2.36. The van der Waals surface area contributed by atoms with Crippen LogP contribution < -0.4 is 0 Å². The van der Waals surface area contributed by atoms with E-state index in [9.17, 15) is 9.59 Å². The molecule has 3 aromatic rings. The third kappa shape index (κ3) is 4.90. The van der Waals surface area contributed by atoms with E-state index >= 15 is 0 Å². The summed E-state index contributed by atoms with van der Waals surface area (Å²) in [6.07, 6.45) is 1.61. The molecule has 0 atom stereocenters. The first-order valence-electron chi connectivity index (χ1n) is 7.52. The molecule has 3 N–H and O–H groups in total. The Balaban J connectivity index is 0.000000758. The number of nitrogens with one attached hydrogen (secondary N) is 1. The molecule has 1 amide bonds. The third-order valence-corrected chi connectivity index (χ3v) is 4.47. The number of carbonyl (C=O) groups is 3. The van der Waals surface area contributed by atoms with Gasteiger partial charge in [0.1, 0.15) is 12.4 Å². The van der Waals surface area contributed by atoms with Crippen molar-refractivity contribution in [2.24, 2.45) is 0 Å². The summed E-state index contributed by atoms with van der Waals surface area (Å²) in [5.74, 6) is -0.610. The predicted molar refractivity (Wildman–Crippen MR) is 96.2 cm³/mol. The van der Waals surface area contributed by atoms with Crippen LogP contribution >= 0.6 is 11.3 Å². The smallest absolute Gasteiger partial charge is 0.323 e. The molecule has 0 aliphatic heterocycles. The van der Waals surface area contributed by atoms with Crippen LogP contribution in [0.1, 0.15) is 21.2 Å². The molecule has 0 aliphatic carbocycles. The number of hydrogen-bond donors (Lipinski definition) is 3. The first-order chi connectivity index (χ1) is 12.4. The van der Waals surface area contributed by atoms with E-state index in [1.165, 1.54) is 16.2 Å². The Bertz CT molecular complexity index is 885. The number of carbonyl (C=O) groups excluding carboxylic acids is 1. The van der Waals surface area contributed by atoms with Crippen molar-refractivity contribution in [3.8, 4) is 0 Å². The molecular weight excluding hydrogens is 358 g/mol. The normalized spacial score (nSPS) is 10.0. The van der Waals surface area contributed by atoms with Gasteiger partial charge in [0, 0.05) is 4.70 Å². The van der Waals surface area contributed by atoms with E-state index in [0.717, 1.165) is 15.9 Å². The first-order valence-corrected chi connectivity index (χ1v) is 8.34. The van der Waals surface area contributed by atoms with E-state index in [4.69, 9.17) is 15.0 Å². The zero-order chi connectivity index (χ0) is 19.1. The maximum Gasteiger partial charge on any atom is 0.323 e. The highest BCUT2D eigenvalue weighted by atomic mass is 32.1. The van der Waals surface area contributed by atoms with E-state index in [1.807, 2.05) is 24.3 Å². The monoisotopic (exact) mass is 375 g/mol. The fourth-order valence-corrected chi connectivity index (χ4v) is 3.39.